The number of tetrazole rings is 1. The van der Waals surface area contributed by atoms with Gasteiger partial charge in [-0.3, -0.25) is 4.79 Å². The van der Waals surface area contributed by atoms with Gasteiger partial charge in [0.1, 0.15) is 31.0 Å². The molecule has 2 aliphatic heterocycles. The third-order valence-electron chi connectivity index (χ3n) is 4.15. The molecule has 4 unspecified atom stereocenters. The van der Waals surface area contributed by atoms with Gasteiger partial charge in [-0.05, 0) is 34.3 Å². The van der Waals surface area contributed by atoms with Crippen molar-refractivity contribution < 1.29 is 19.0 Å². The Balaban J connectivity index is 1.47. The molecule has 2 aliphatic rings. The van der Waals surface area contributed by atoms with Crippen LogP contribution in [0.1, 0.15) is 6.04 Å². The van der Waals surface area contributed by atoms with E-state index in [1.165, 1.54) is 11.8 Å². The average molecular weight is 363 g/mol. The van der Waals surface area contributed by atoms with Crippen molar-refractivity contribution in [2.45, 2.75) is 34.4 Å². The fourth-order valence-electron chi connectivity index (χ4n) is 3.04. The van der Waals surface area contributed by atoms with Gasteiger partial charge in [0.15, 0.2) is 0 Å². The molecule has 0 spiro atoms. The van der Waals surface area contributed by atoms with Crippen LogP contribution in [0.5, 0.6) is 0 Å². The highest BCUT2D eigenvalue weighted by Gasteiger charge is 2.50. The minimum absolute atomic E-state index is 0.145. The van der Waals surface area contributed by atoms with Crippen molar-refractivity contribution in [3.63, 3.8) is 0 Å². The van der Waals surface area contributed by atoms with E-state index in [1.807, 2.05) is 30.3 Å². The summed E-state index contributed by atoms with van der Waals surface area (Å²) in [5.41, 5.74) is 5.13. The first-order valence-corrected chi connectivity index (χ1v) is 8.68. The summed E-state index contributed by atoms with van der Waals surface area (Å²) >= 11 is 1.48. The van der Waals surface area contributed by atoms with E-state index in [-0.39, 0.29) is 31.0 Å². The van der Waals surface area contributed by atoms with Crippen LogP contribution in [0, 0.1) is 0 Å². The number of ether oxygens (including phenoxy) is 3. The van der Waals surface area contributed by atoms with Gasteiger partial charge in [-0.15, -0.1) is 5.10 Å². The molecule has 1 aromatic heterocycles. The Bertz CT molecular complexity index is 743. The SMILES string of the molecule is NC(=O)COC1COC2C1OCC2n1nnnc1Sc1ccccc1. The van der Waals surface area contributed by atoms with Crippen LogP contribution < -0.4 is 5.73 Å². The number of benzene rings is 1. The molecule has 0 bridgehead atoms. The summed E-state index contributed by atoms with van der Waals surface area (Å²) in [6, 6.07) is 9.74. The zero-order valence-electron chi connectivity index (χ0n) is 13.2. The van der Waals surface area contributed by atoms with Crippen LogP contribution in [-0.4, -0.2) is 64.2 Å². The number of carbonyl (C=O) groups is 1. The third-order valence-corrected chi connectivity index (χ3v) is 5.11. The van der Waals surface area contributed by atoms with Gasteiger partial charge in [0.25, 0.3) is 0 Å². The monoisotopic (exact) mass is 363 g/mol. The lowest BCUT2D eigenvalue weighted by atomic mass is 10.1. The van der Waals surface area contributed by atoms with Crippen molar-refractivity contribution in [1.29, 1.82) is 0 Å². The number of amides is 1. The standard InChI is InChI=1S/C15H17N5O4S/c16-12(21)8-22-11-7-24-13-10(6-23-14(11)13)20-15(17-18-19-20)25-9-4-2-1-3-5-9/h1-5,10-11,13-14H,6-8H2,(H2,16,21). The first-order chi connectivity index (χ1) is 12.2. The third kappa shape index (κ3) is 3.38. The van der Waals surface area contributed by atoms with Crippen LogP contribution in [-0.2, 0) is 19.0 Å². The van der Waals surface area contributed by atoms with E-state index in [4.69, 9.17) is 19.9 Å². The van der Waals surface area contributed by atoms with Crippen LogP contribution in [0.25, 0.3) is 0 Å². The zero-order chi connectivity index (χ0) is 17.2. The van der Waals surface area contributed by atoms with Crippen molar-refractivity contribution in [2.75, 3.05) is 19.8 Å². The van der Waals surface area contributed by atoms with Crippen LogP contribution in [0.2, 0.25) is 0 Å². The molecule has 2 N–H and O–H groups in total. The quantitative estimate of drug-likeness (QED) is 0.765. The molecule has 3 heterocycles. The molecule has 25 heavy (non-hydrogen) atoms. The number of aromatic nitrogens is 4. The lowest BCUT2D eigenvalue weighted by molar-refractivity contribution is -0.126. The van der Waals surface area contributed by atoms with Gasteiger partial charge in [-0.2, -0.15) is 0 Å². The average Bonchev–Trinajstić information content (AvgIpc) is 3.30. The fourth-order valence-corrected chi connectivity index (χ4v) is 3.89. The van der Waals surface area contributed by atoms with Gasteiger partial charge < -0.3 is 19.9 Å². The smallest absolute Gasteiger partial charge is 0.243 e. The van der Waals surface area contributed by atoms with Gasteiger partial charge in [0.2, 0.25) is 11.1 Å². The van der Waals surface area contributed by atoms with Gasteiger partial charge in [-0.25, -0.2) is 4.68 Å². The summed E-state index contributed by atoms with van der Waals surface area (Å²) in [4.78, 5) is 11.9. The van der Waals surface area contributed by atoms with E-state index in [1.54, 1.807) is 4.68 Å². The molecule has 2 saturated heterocycles. The molecule has 1 aromatic carbocycles. The molecule has 10 heteroatoms. The highest BCUT2D eigenvalue weighted by Crippen LogP contribution is 2.37. The molecule has 4 atom stereocenters. The molecule has 0 radical (unpaired) electrons. The van der Waals surface area contributed by atoms with Crippen LogP contribution in [0.3, 0.4) is 0 Å². The number of carbonyl (C=O) groups excluding carboxylic acids is 1. The molecule has 0 aliphatic carbocycles. The highest BCUT2D eigenvalue weighted by atomic mass is 32.2. The Morgan fingerprint density at radius 3 is 2.88 bits per heavy atom. The van der Waals surface area contributed by atoms with Gasteiger partial charge in [0.05, 0.1) is 13.2 Å². The van der Waals surface area contributed by atoms with E-state index in [0.717, 1.165) is 4.90 Å². The Labute approximate surface area is 147 Å². The summed E-state index contributed by atoms with van der Waals surface area (Å²) in [7, 11) is 0. The number of hydrogen-bond acceptors (Lipinski definition) is 8. The maximum Gasteiger partial charge on any atom is 0.243 e. The van der Waals surface area contributed by atoms with Crippen molar-refractivity contribution in [3.8, 4) is 0 Å². The molecule has 1 amide bonds. The fraction of sp³-hybridized carbons (Fsp3) is 0.467. The first kappa shape index (κ1) is 16.5. The molecule has 2 fully saturated rings. The topological polar surface area (TPSA) is 114 Å². The summed E-state index contributed by atoms with van der Waals surface area (Å²) in [5, 5.41) is 12.7. The maximum atomic E-state index is 10.9. The normalized spacial score (nSPS) is 28.2. The number of primary amides is 1. The lowest BCUT2D eigenvalue weighted by Crippen LogP contribution is -2.34. The Morgan fingerprint density at radius 1 is 1.28 bits per heavy atom. The Morgan fingerprint density at radius 2 is 2.08 bits per heavy atom. The second-order valence-corrected chi connectivity index (χ2v) is 6.84. The summed E-state index contributed by atoms with van der Waals surface area (Å²) in [6.45, 7) is 0.618. The van der Waals surface area contributed by atoms with E-state index < -0.39 is 5.91 Å². The summed E-state index contributed by atoms with van der Waals surface area (Å²) in [6.07, 6.45) is -0.802. The Kier molecular flexibility index (Phi) is 4.66. The van der Waals surface area contributed by atoms with Crippen molar-refractivity contribution in [2.24, 2.45) is 5.73 Å². The predicted molar refractivity (Wildman–Crippen MR) is 85.8 cm³/mol. The minimum atomic E-state index is -0.514. The first-order valence-electron chi connectivity index (χ1n) is 7.86. The number of rotatable bonds is 6. The summed E-state index contributed by atoms with van der Waals surface area (Å²) in [5.74, 6) is -0.514. The number of nitrogens with zero attached hydrogens (tertiary/aromatic N) is 4. The largest absolute Gasteiger partial charge is 0.370 e. The van der Waals surface area contributed by atoms with Crippen molar-refractivity contribution in [3.05, 3.63) is 30.3 Å². The van der Waals surface area contributed by atoms with E-state index in [2.05, 4.69) is 15.5 Å². The molecule has 4 rings (SSSR count). The summed E-state index contributed by atoms with van der Waals surface area (Å²) < 4.78 is 18.9. The molecule has 0 saturated carbocycles. The van der Waals surface area contributed by atoms with E-state index in [9.17, 15) is 4.79 Å². The van der Waals surface area contributed by atoms with Gasteiger partial charge in [0, 0.05) is 4.90 Å². The highest BCUT2D eigenvalue weighted by molar-refractivity contribution is 7.99. The number of nitrogens with two attached hydrogens (primary N) is 1. The van der Waals surface area contributed by atoms with E-state index in [0.29, 0.717) is 18.4 Å². The molecule has 2 aromatic rings. The minimum Gasteiger partial charge on any atom is -0.370 e. The second kappa shape index (κ2) is 7.08. The number of hydrogen-bond donors (Lipinski definition) is 1. The van der Waals surface area contributed by atoms with Crippen LogP contribution in [0.15, 0.2) is 40.4 Å². The lowest BCUT2D eigenvalue weighted by Gasteiger charge is -2.17. The van der Waals surface area contributed by atoms with E-state index >= 15 is 0 Å². The van der Waals surface area contributed by atoms with Gasteiger partial charge >= 0.3 is 0 Å². The molecule has 9 nitrogen and oxygen atoms in total. The molecule has 132 valence electrons. The molecular formula is C15H17N5O4S. The van der Waals surface area contributed by atoms with Gasteiger partial charge in [-0.1, -0.05) is 18.2 Å². The Hall–Kier alpha value is -2.01. The number of fused-ring (bicyclic) bond motifs is 1. The second-order valence-electron chi connectivity index (χ2n) is 5.80. The predicted octanol–water partition coefficient (Wildman–Crippen LogP) is 0.0335. The van der Waals surface area contributed by atoms with Crippen LogP contribution in [0.4, 0.5) is 0 Å². The van der Waals surface area contributed by atoms with Crippen molar-refractivity contribution >= 4 is 17.7 Å². The zero-order valence-corrected chi connectivity index (χ0v) is 14.0. The van der Waals surface area contributed by atoms with Crippen LogP contribution >= 0.6 is 11.8 Å². The molecular weight excluding hydrogens is 346 g/mol. The maximum absolute atomic E-state index is 10.9. The van der Waals surface area contributed by atoms with Crippen molar-refractivity contribution in [1.82, 2.24) is 20.2 Å².